The quantitative estimate of drug-likeness (QED) is 0.137. The van der Waals surface area contributed by atoms with E-state index in [9.17, 15) is 24.3 Å². The molecular weight excluding hydrogens is 344 g/mol. The number of hydrazine groups is 1. The maximum atomic E-state index is 12.4. The van der Waals surface area contributed by atoms with Crippen LogP contribution in [0.1, 0.15) is 20.3 Å². The van der Waals surface area contributed by atoms with Crippen LogP contribution in [0.25, 0.3) is 0 Å². The van der Waals surface area contributed by atoms with E-state index < -0.39 is 41.2 Å². The predicted octanol–water partition coefficient (Wildman–Crippen LogP) is -1.19. The van der Waals surface area contributed by atoms with E-state index >= 15 is 0 Å². The summed E-state index contributed by atoms with van der Waals surface area (Å²) in [7, 11) is 0. The summed E-state index contributed by atoms with van der Waals surface area (Å²) >= 11 is 0. The van der Waals surface area contributed by atoms with E-state index in [1.165, 1.54) is 0 Å². The molecule has 2 aliphatic rings. The van der Waals surface area contributed by atoms with Crippen molar-refractivity contribution in [2.75, 3.05) is 13.2 Å². The molecule has 142 valence electrons. The Morgan fingerprint density at radius 1 is 1.04 bits per heavy atom. The lowest BCUT2D eigenvalue weighted by Gasteiger charge is -2.27. The maximum Gasteiger partial charge on any atom is 0.347 e. The van der Waals surface area contributed by atoms with Gasteiger partial charge in [-0.3, -0.25) is 10.2 Å². The van der Waals surface area contributed by atoms with Crippen molar-refractivity contribution < 1.29 is 33.8 Å². The number of esters is 2. The first-order valence-corrected chi connectivity index (χ1v) is 8.39. The second kappa shape index (κ2) is 8.50. The number of ether oxygens (including phenoxy) is 2. The fraction of sp³-hybridized carbons (Fsp3) is 0.529. The van der Waals surface area contributed by atoms with Crippen LogP contribution in [0.15, 0.2) is 23.9 Å². The molecule has 26 heavy (non-hydrogen) atoms. The molecule has 0 aromatic heterocycles. The van der Waals surface area contributed by atoms with Crippen LogP contribution >= 0.6 is 0 Å². The number of carbonyl (C=O) groups excluding carboxylic acids is 4. The number of allylic oxidation sites excluding steroid dienone is 2. The topological polar surface area (TPSA) is 134 Å². The Morgan fingerprint density at radius 2 is 1.58 bits per heavy atom. The number of nitrogens with one attached hydrogen (secondary N) is 2. The van der Waals surface area contributed by atoms with Crippen LogP contribution in [-0.2, 0) is 28.7 Å². The number of aliphatic carboxylic acids is 1. The van der Waals surface area contributed by atoms with Gasteiger partial charge in [-0.1, -0.05) is 12.2 Å². The molecule has 9 heteroatoms. The average molecular weight is 365 g/mol. The highest BCUT2D eigenvalue weighted by molar-refractivity contribution is 6.14. The van der Waals surface area contributed by atoms with Crippen LogP contribution in [0.2, 0.25) is 0 Å². The molecule has 0 radical (unpaired) electrons. The summed E-state index contributed by atoms with van der Waals surface area (Å²) in [4.78, 5) is 47.3. The first-order valence-electron chi connectivity index (χ1n) is 8.39. The Morgan fingerprint density at radius 3 is 2.08 bits per heavy atom. The minimum atomic E-state index is -1.27. The number of carboxylic acids is 1. The number of carbonyl (C=O) groups is 4. The minimum Gasteiger partial charge on any atom is -0.550 e. The standard InChI is InChI=1S/C17H22N2O7/c1-3-25-16(23)11(17(24)26-4-2)8-18-19-14(20)12-9-5-6-10(7-9)13(12)15(21)22/h5-6,8-10,12-13,18H,3-4,7H2,1-2H3,(H,19,20)(H,21,22)/p-1/t9-,10+,12-,13+/m1/s1. The number of hydrogen-bond donors (Lipinski definition) is 2. The Balaban J connectivity index is 2.03. The van der Waals surface area contributed by atoms with Gasteiger partial charge in [-0.2, -0.15) is 0 Å². The van der Waals surface area contributed by atoms with E-state index in [-0.39, 0.29) is 25.0 Å². The van der Waals surface area contributed by atoms with Gasteiger partial charge in [0.1, 0.15) is 0 Å². The summed E-state index contributed by atoms with van der Waals surface area (Å²) < 4.78 is 9.52. The third-order valence-corrected chi connectivity index (χ3v) is 4.44. The molecule has 0 aromatic rings. The second-order valence-electron chi connectivity index (χ2n) is 5.95. The molecule has 1 fully saturated rings. The summed E-state index contributed by atoms with van der Waals surface area (Å²) in [6.07, 6.45) is 5.17. The van der Waals surface area contributed by atoms with Crippen LogP contribution < -0.4 is 16.0 Å². The van der Waals surface area contributed by atoms with Gasteiger partial charge in [0.15, 0.2) is 5.57 Å². The van der Waals surface area contributed by atoms with Gasteiger partial charge in [-0.05, 0) is 32.1 Å². The van der Waals surface area contributed by atoms with E-state index in [4.69, 9.17) is 9.47 Å². The highest BCUT2D eigenvalue weighted by Gasteiger charge is 2.48. The van der Waals surface area contributed by atoms with E-state index in [1.54, 1.807) is 19.9 Å². The molecular formula is C17H21N2O7-. The monoisotopic (exact) mass is 365 g/mol. The molecule has 4 atom stereocenters. The van der Waals surface area contributed by atoms with Gasteiger partial charge in [0, 0.05) is 18.1 Å². The van der Waals surface area contributed by atoms with Crippen molar-refractivity contribution in [1.82, 2.24) is 10.9 Å². The third-order valence-electron chi connectivity index (χ3n) is 4.44. The largest absolute Gasteiger partial charge is 0.550 e. The summed E-state index contributed by atoms with van der Waals surface area (Å²) in [6, 6.07) is 0. The van der Waals surface area contributed by atoms with E-state index in [2.05, 4.69) is 10.9 Å². The van der Waals surface area contributed by atoms with Crippen molar-refractivity contribution in [3.8, 4) is 0 Å². The first-order chi connectivity index (χ1) is 12.4. The Hall–Kier alpha value is -2.84. The normalized spacial score (nSPS) is 25.3. The van der Waals surface area contributed by atoms with Crippen molar-refractivity contribution in [3.05, 3.63) is 23.9 Å². The molecule has 0 unspecified atom stereocenters. The molecule has 0 heterocycles. The van der Waals surface area contributed by atoms with Gasteiger partial charge >= 0.3 is 11.9 Å². The van der Waals surface area contributed by atoms with Crippen LogP contribution in [0, 0.1) is 23.7 Å². The summed E-state index contributed by atoms with van der Waals surface area (Å²) in [5.41, 5.74) is 4.25. The van der Waals surface area contributed by atoms with Gasteiger partial charge < -0.3 is 24.8 Å². The molecule has 0 aliphatic heterocycles. The first kappa shape index (κ1) is 19.5. The zero-order valence-corrected chi connectivity index (χ0v) is 14.5. The number of rotatable bonds is 8. The van der Waals surface area contributed by atoms with Gasteiger partial charge in [0.25, 0.3) is 0 Å². The number of carboxylic acid groups (broad SMARTS) is 1. The third kappa shape index (κ3) is 4.04. The highest BCUT2D eigenvalue weighted by atomic mass is 16.6. The lowest BCUT2D eigenvalue weighted by atomic mass is 9.82. The van der Waals surface area contributed by atoms with E-state index in [0.29, 0.717) is 6.42 Å². The van der Waals surface area contributed by atoms with Crippen LogP contribution in [-0.4, -0.2) is 37.0 Å². The van der Waals surface area contributed by atoms with E-state index in [1.807, 2.05) is 6.08 Å². The lowest BCUT2D eigenvalue weighted by Crippen LogP contribution is -2.47. The summed E-state index contributed by atoms with van der Waals surface area (Å²) in [5.74, 6) is -5.69. The number of hydrogen-bond acceptors (Lipinski definition) is 8. The Bertz CT molecular complexity index is 635. The zero-order chi connectivity index (χ0) is 19.3. The van der Waals surface area contributed by atoms with Crippen molar-refractivity contribution in [2.45, 2.75) is 20.3 Å². The molecule has 1 saturated carbocycles. The molecule has 0 aromatic carbocycles. The molecule has 2 bridgehead atoms. The van der Waals surface area contributed by atoms with Gasteiger partial charge in [-0.15, -0.1) is 0 Å². The van der Waals surface area contributed by atoms with Crippen LogP contribution in [0.3, 0.4) is 0 Å². The Labute approximate surface area is 150 Å². The molecule has 0 spiro atoms. The van der Waals surface area contributed by atoms with Crippen molar-refractivity contribution in [1.29, 1.82) is 0 Å². The zero-order valence-electron chi connectivity index (χ0n) is 14.5. The van der Waals surface area contributed by atoms with Gasteiger partial charge in [-0.25, -0.2) is 9.59 Å². The predicted molar refractivity (Wildman–Crippen MR) is 85.4 cm³/mol. The molecule has 2 rings (SSSR count). The molecule has 2 aliphatic carbocycles. The number of amides is 1. The van der Waals surface area contributed by atoms with Crippen molar-refractivity contribution >= 4 is 23.8 Å². The maximum absolute atomic E-state index is 12.4. The fourth-order valence-electron chi connectivity index (χ4n) is 3.38. The van der Waals surface area contributed by atoms with Gasteiger partial charge in [0.2, 0.25) is 5.91 Å². The lowest BCUT2D eigenvalue weighted by molar-refractivity contribution is -0.313. The van der Waals surface area contributed by atoms with Gasteiger partial charge in [0.05, 0.1) is 19.1 Å². The SMILES string of the molecule is CCOC(=O)C(=CNNC(=O)[C@H]1[C@@H](C(=O)[O-])[C@H]2C=C[C@@H]1C2)C(=O)OCC. The smallest absolute Gasteiger partial charge is 0.347 e. The van der Waals surface area contributed by atoms with Crippen LogP contribution in [0.5, 0.6) is 0 Å². The summed E-state index contributed by atoms with van der Waals surface area (Å²) in [6.45, 7) is 3.29. The fourth-order valence-corrected chi connectivity index (χ4v) is 3.38. The average Bonchev–Trinajstić information content (AvgIpc) is 3.19. The molecule has 2 N–H and O–H groups in total. The second-order valence-corrected chi connectivity index (χ2v) is 5.95. The summed E-state index contributed by atoms with van der Waals surface area (Å²) in [5, 5.41) is 11.3. The molecule has 0 saturated heterocycles. The Kier molecular flexibility index (Phi) is 6.37. The van der Waals surface area contributed by atoms with E-state index in [0.717, 1.165) is 6.20 Å². The number of fused-ring (bicyclic) bond motifs is 2. The highest BCUT2D eigenvalue weighted by Crippen LogP contribution is 2.47. The molecule has 9 nitrogen and oxygen atoms in total. The van der Waals surface area contributed by atoms with Crippen molar-refractivity contribution in [2.24, 2.45) is 23.7 Å². The molecule has 1 amide bonds. The van der Waals surface area contributed by atoms with Crippen molar-refractivity contribution in [3.63, 3.8) is 0 Å². The van der Waals surface area contributed by atoms with Crippen LogP contribution in [0.4, 0.5) is 0 Å². The minimum absolute atomic E-state index is 0.0622.